The molecule has 28 heavy (non-hydrogen) atoms. The molecule has 1 aliphatic rings. The van der Waals surface area contributed by atoms with Crippen LogP contribution in [0.1, 0.15) is 23.5 Å². The smallest absolute Gasteiger partial charge is 0.369 e. The molecule has 1 amide bonds. The number of hydrogen-bond donors (Lipinski definition) is 1. The average Bonchev–Trinajstić information content (AvgIpc) is 2.68. The van der Waals surface area contributed by atoms with E-state index < -0.39 is 23.9 Å². The van der Waals surface area contributed by atoms with E-state index in [1.165, 1.54) is 24.3 Å². The lowest BCUT2D eigenvalue weighted by Crippen LogP contribution is -2.54. The fraction of sp³-hybridized carbons (Fsp3) is 0.300. The number of nitriles is 1. The largest absolute Gasteiger partial charge is 0.471 e. The number of nitrogens with zero attached hydrogens (tertiary/aromatic N) is 2. The second-order valence-electron chi connectivity index (χ2n) is 6.63. The molecular formula is C20H17F4N3O. The lowest BCUT2D eigenvalue weighted by molar-refractivity contribution is -0.174. The molecule has 0 radical (unpaired) electrons. The highest BCUT2D eigenvalue weighted by Crippen LogP contribution is 2.32. The Labute approximate surface area is 159 Å². The van der Waals surface area contributed by atoms with Gasteiger partial charge in [0.05, 0.1) is 17.7 Å². The molecule has 0 aromatic heterocycles. The van der Waals surface area contributed by atoms with E-state index >= 15 is 0 Å². The van der Waals surface area contributed by atoms with E-state index in [4.69, 9.17) is 5.26 Å². The lowest BCUT2D eigenvalue weighted by atomic mass is 9.85. The fourth-order valence-corrected chi connectivity index (χ4v) is 3.44. The average molecular weight is 391 g/mol. The van der Waals surface area contributed by atoms with E-state index in [0.29, 0.717) is 24.1 Å². The summed E-state index contributed by atoms with van der Waals surface area (Å²) in [6.45, 7) is 0.710. The Balaban J connectivity index is 1.84. The van der Waals surface area contributed by atoms with Crippen molar-refractivity contribution < 1.29 is 22.4 Å². The lowest BCUT2D eigenvalue weighted by Gasteiger charge is -2.40. The molecule has 4 nitrogen and oxygen atoms in total. The van der Waals surface area contributed by atoms with Gasteiger partial charge in [0.1, 0.15) is 5.82 Å². The summed E-state index contributed by atoms with van der Waals surface area (Å²) in [6, 6.07) is 13.5. The first-order valence-corrected chi connectivity index (χ1v) is 8.66. The molecule has 1 saturated heterocycles. The Morgan fingerprint density at radius 2 is 1.75 bits per heavy atom. The van der Waals surface area contributed by atoms with Crippen molar-refractivity contribution in [2.75, 3.05) is 18.0 Å². The summed E-state index contributed by atoms with van der Waals surface area (Å²) in [5.41, 5.74) is 1.91. The minimum absolute atomic E-state index is 0.162. The van der Waals surface area contributed by atoms with Crippen molar-refractivity contribution in [2.24, 2.45) is 0 Å². The van der Waals surface area contributed by atoms with Crippen molar-refractivity contribution in [1.29, 1.82) is 5.26 Å². The van der Waals surface area contributed by atoms with Crippen LogP contribution in [0.3, 0.4) is 0 Å². The normalized spacial score (nSPS) is 19.8. The maximum atomic E-state index is 13.2. The van der Waals surface area contributed by atoms with Crippen LogP contribution in [0.4, 0.5) is 23.2 Å². The number of halogens is 4. The van der Waals surface area contributed by atoms with Crippen molar-refractivity contribution in [3.8, 4) is 6.07 Å². The number of alkyl halides is 3. The highest BCUT2D eigenvalue weighted by atomic mass is 19.4. The third-order valence-corrected chi connectivity index (χ3v) is 4.85. The molecular weight excluding hydrogens is 374 g/mol. The monoisotopic (exact) mass is 391 g/mol. The number of rotatable bonds is 3. The van der Waals surface area contributed by atoms with Crippen molar-refractivity contribution in [2.45, 2.75) is 24.6 Å². The second-order valence-corrected chi connectivity index (χ2v) is 6.63. The molecule has 3 rings (SSSR count). The van der Waals surface area contributed by atoms with Gasteiger partial charge in [-0.3, -0.25) is 4.79 Å². The van der Waals surface area contributed by atoms with Gasteiger partial charge in [0, 0.05) is 24.7 Å². The fourth-order valence-electron chi connectivity index (χ4n) is 3.44. The Hall–Kier alpha value is -3.08. The highest BCUT2D eigenvalue weighted by Gasteiger charge is 2.42. The number of hydrogen-bond acceptors (Lipinski definition) is 3. The van der Waals surface area contributed by atoms with E-state index in [-0.39, 0.29) is 12.5 Å². The van der Waals surface area contributed by atoms with Crippen molar-refractivity contribution in [3.63, 3.8) is 0 Å². The van der Waals surface area contributed by atoms with Crippen LogP contribution < -0.4 is 10.2 Å². The van der Waals surface area contributed by atoms with Crippen molar-refractivity contribution in [3.05, 3.63) is 65.5 Å². The molecule has 2 aromatic rings. The van der Waals surface area contributed by atoms with Crippen molar-refractivity contribution in [1.82, 2.24) is 5.32 Å². The minimum Gasteiger partial charge on any atom is -0.369 e. The standard InChI is InChI=1S/C20H17F4N3O/c21-15-5-3-14(4-6-15)17-9-10-27(16-7-1-13(11-25)2-8-16)12-18(17)26-19(28)20(22,23)24/h1-8,17-18H,9-10,12H2,(H,26,28). The first kappa shape index (κ1) is 19.7. The zero-order valence-corrected chi connectivity index (χ0v) is 14.7. The summed E-state index contributed by atoms with van der Waals surface area (Å²) in [5.74, 6) is -2.80. The van der Waals surface area contributed by atoms with Crippen LogP contribution in [0, 0.1) is 17.1 Å². The van der Waals surface area contributed by atoms with Gasteiger partial charge < -0.3 is 10.2 Å². The predicted molar refractivity (Wildman–Crippen MR) is 95.1 cm³/mol. The van der Waals surface area contributed by atoms with Crippen molar-refractivity contribution >= 4 is 11.6 Å². The van der Waals surface area contributed by atoms with E-state index in [1.807, 2.05) is 11.0 Å². The summed E-state index contributed by atoms with van der Waals surface area (Å²) in [4.78, 5) is 13.4. The summed E-state index contributed by atoms with van der Waals surface area (Å²) < 4.78 is 51.6. The number of amides is 1. The van der Waals surface area contributed by atoms with Crippen LogP contribution in [0.5, 0.6) is 0 Å². The van der Waals surface area contributed by atoms with Gasteiger partial charge in [-0.1, -0.05) is 12.1 Å². The molecule has 1 aliphatic heterocycles. The van der Waals surface area contributed by atoms with Crippen LogP contribution in [0.25, 0.3) is 0 Å². The molecule has 8 heteroatoms. The van der Waals surface area contributed by atoms with Gasteiger partial charge in [0.25, 0.3) is 0 Å². The first-order chi connectivity index (χ1) is 13.3. The molecule has 0 bridgehead atoms. The molecule has 2 unspecified atom stereocenters. The first-order valence-electron chi connectivity index (χ1n) is 8.66. The van der Waals surface area contributed by atoms with Crippen LogP contribution >= 0.6 is 0 Å². The molecule has 2 aromatic carbocycles. The molecule has 1 fully saturated rings. The minimum atomic E-state index is -4.98. The second kappa shape index (κ2) is 7.89. The predicted octanol–water partition coefficient (Wildman–Crippen LogP) is 3.74. The summed E-state index contributed by atoms with van der Waals surface area (Å²) in [7, 11) is 0. The number of anilines is 1. The van der Waals surface area contributed by atoms with E-state index in [1.54, 1.807) is 24.3 Å². The zero-order chi connectivity index (χ0) is 20.3. The zero-order valence-electron chi connectivity index (χ0n) is 14.7. The number of piperidine rings is 1. The Morgan fingerprint density at radius 3 is 2.32 bits per heavy atom. The molecule has 146 valence electrons. The summed E-state index contributed by atoms with van der Waals surface area (Å²) in [5, 5.41) is 11.0. The number of benzene rings is 2. The summed E-state index contributed by atoms with van der Waals surface area (Å²) in [6.07, 6.45) is -4.50. The van der Waals surface area contributed by atoms with E-state index in [9.17, 15) is 22.4 Å². The van der Waals surface area contributed by atoms with Gasteiger partial charge >= 0.3 is 12.1 Å². The molecule has 1 heterocycles. The van der Waals surface area contributed by atoms with E-state index in [2.05, 4.69) is 5.32 Å². The Kier molecular flexibility index (Phi) is 5.54. The Bertz CT molecular complexity index is 872. The summed E-state index contributed by atoms with van der Waals surface area (Å²) >= 11 is 0. The molecule has 2 atom stereocenters. The van der Waals surface area contributed by atoms with Gasteiger partial charge in [0.2, 0.25) is 0 Å². The quantitative estimate of drug-likeness (QED) is 0.811. The van der Waals surface area contributed by atoms with Gasteiger partial charge in [-0.15, -0.1) is 0 Å². The number of carbonyl (C=O) groups is 1. The van der Waals surface area contributed by atoms with Gasteiger partial charge in [-0.25, -0.2) is 4.39 Å². The van der Waals surface area contributed by atoms with Crippen LogP contribution in [-0.4, -0.2) is 31.2 Å². The van der Waals surface area contributed by atoms with Gasteiger partial charge in [-0.05, 0) is 48.4 Å². The van der Waals surface area contributed by atoms with E-state index in [0.717, 1.165) is 5.69 Å². The van der Waals surface area contributed by atoms with Crippen LogP contribution in [0.15, 0.2) is 48.5 Å². The maximum absolute atomic E-state index is 13.2. The van der Waals surface area contributed by atoms with Crippen LogP contribution in [-0.2, 0) is 4.79 Å². The molecule has 0 aliphatic carbocycles. The third-order valence-electron chi connectivity index (χ3n) is 4.85. The molecule has 0 spiro atoms. The van der Waals surface area contributed by atoms with Gasteiger partial charge in [0.15, 0.2) is 0 Å². The molecule has 1 N–H and O–H groups in total. The third kappa shape index (κ3) is 4.42. The topological polar surface area (TPSA) is 56.1 Å². The number of carbonyl (C=O) groups excluding carboxylic acids is 1. The number of nitrogens with one attached hydrogen (secondary N) is 1. The molecule has 0 saturated carbocycles. The highest BCUT2D eigenvalue weighted by molar-refractivity contribution is 5.82. The SMILES string of the molecule is N#Cc1ccc(N2CCC(c3ccc(F)cc3)C(NC(=O)C(F)(F)F)C2)cc1. The maximum Gasteiger partial charge on any atom is 0.471 e. The van der Waals surface area contributed by atoms with Crippen LogP contribution in [0.2, 0.25) is 0 Å². The van der Waals surface area contributed by atoms with Gasteiger partial charge in [-0.2, -0.15) is 18.4 Å². The Morgan fingerprint density at radius 1 is 1.11 bits per heavy atom.